The Bertz CT molecular complexity index is 239. The predicted molar refractivity (Wildman–Crippen MR) is 64.9 cm³/mol. The number of nitriles is 1. The van der Waals surface area contributed by atoms with E-state index in [9.17, 15) is 5.11 Å². The van der Waals surface area contributed by atoms with Crippen molar-refractivity contribution < 1.29 is 5.11 Å². The average Bonchev–Trinajstić information content (AvgIpc) is 2.28. The highest BCUT2D eigenvalue weighted by molar-refractivity contribution is 4.88. The van der Waals surface area contributed by atoms with Gasteiger partial charge in [-0.05, 0) is 38.5 Å². The zero-order valence-corrected chi connectivity index (χ0v) is 10.5. The molecule has 0 bridgehead atoms. The van der Waals surface area contributed by atoms with E-state index in [1.165, 1.54) is 6.42 Å². The van der Waals surface area contributed by atoms with Crippen molar-refractivity contribution in [2.24, 2.45) is 5.92 Å². The largest absolute Gasteiger partial charge is 0.389 e. The van der Waals surface area contributed by atoms with Gasteiger partial charge >= 0.3 is 0 Å². The summed E-state index contributed by atoms with van der Waals surface area (Å²) in [5.74, 6) is 0.803. The second kappa shape index (κ2) is 6.22. The van der Waals surface area contributed by atoms with Crippen LogP contribution in [0.5, 0.6) is 0 Å². The zero-order valence-electron chi connectivity index (χ0n) is 10.5. The lowest BCUT2D eigenvalue weighted by atomic mass is 9.78. The molecule has 0 aromatic carbocycles. The third-order valence-electron chi connectivity index (χ3n) is 3.79. The molecule has 3 heteroatoms. The minimum atomic E-state index is -0.532. The van der Waals surface area contributed by atoms with Crippen LogP contribution in [-0.4, -0.2) is 23.3 Å². The first-order valence-corrected chi connectivity index (χ1v) is 6.42. The van der Waals surface area contributed by atoms with Gasteiger partial charge in [-0.3, -0.25) is 0 Å². The molecule has 0 aromatic heterocycles. The molecular formula is C13H24N2O. The number of nitrogens with one attached hydrogen (secondary N) is 1. The van der Waals surface area contributed by atoms with Gasteiger partial charge in [-0.15, -0.1) is 0 Å². The van der Waals surface area contributed by atoms with Gasteiger partial charge in [0.1, 0.15) is 0 Å². The number of nitrogens with zero attached hydrogens (tertiary/aromatic N) is 1. The molecule has 0 amide bonds. The first-order chi connectivity index (χ1) is 7.59. The van der Waals surface area contributed by atoms with E-state index < -0.39 is 5.60 Å². The molecule has 92 valence electrons. The van der Waals surface area contributed by atoms with E-state index in [4.69, 9.17) is 5.26 Å². The molecule has 0 radical (unpaired) electrons. The van der Waals surface area contributed by atoms with Gasteiger partial charge in [0.25, 0.3) is 0 Å². The highest BCUT2D eigenvalue weighted by atomic mass is 16.3. The van der Waals surface area contributed by atoms with E-state index in [1.807, 2.05) is 6.92 Å². The molecular weight excluding hydrogens is 200 g/mol. The Kier molecular flexibility index (Phi) is 5.24. The second-order valence-electron chi connectivity index (χ2n) is 5.22. The topological polar surface area (TPSA) is 56.0 Å². The third kappa shape index (κ3) is 4.11. The Hall–Kier alpha value is -0.590. The van der Waals surface area contributed by atoms with Gasteiger partial charge in [0.2, 0.25) is 0 Å². The molecule has 0 heterocycles. The van der Waals surface area contributed by atoms with Gasteiger partial charge in [-0.1, -0.05) is 13.3 Å². The Morgan fingerprint density at radius 2 is 2.12 bits per heavy atom. The van der Waals surface area contributed by atoms with Crippen LogP contribution in [0.25, 0.3) is 0 Å². The standard InChI is InChI=1S/C13H24N2O/c1-3-12-4-7-13(16,8-5-12)10-15-11(2)6-9-14/h11-12,15-16H,3-8,10H2,1-2H3. The third-order valence-corrected chi connectivity index (χ3v) is 3.79. The van der Waals surface area contributed by atoms with E-state index in [0.29, 0.717) is 13.0 Å². The van der Waals surface area contributed by atoms with E-state index in [0.717, 1.165) is 31.6 Å². The molecule has 0 aliphatic heterocycles. The van der Waals surface area contributed by atoms with E-state index in [-0.39, 0.29) is 6.04 Å². The van der Waals surface area contributed by atoms with Crippen LogP contribution < -0.4 is 5.32 Å². The van der Waals surface area contributed by atoms with Crippen LogP contribution >= 0.6 is 0 Å². The van der Waals surface area contributed by atoms with Crippen molar-refractivity contribution in [3.05, 3.63) is 0 Å². The van der Waals surface area contributed by atoms with Crippen LogP contribution in [-0.2, 0) is 0 Å². The maximum absolute atomic E-state index is 10.4. The molecule has 1 unspecified atom stereocenters. The highest BCUT2D eigenvalue weighted by Crippen LogP contribution is 2.33. The fourth-order valence-electron chi connectivity index (χ4n) is 2.37. The summed E-state index contributed by atoms with van der Waals surface area (Å²) in [4.78, 5) is 0. The van der Waals surface area contributed by atoms with Crippen LogP contribution in [0.2, 0.25) is 0 Å². The van der Waals surface area contributed by atoms with E-state index in [2.05, 4.69) is 18.3 Å². The molecule has 0 spiro atoms. The zero-order chi connectivity index (χ0) is 12.0. The molecule has 1 atom stereocenters. The molecule has 16 heavy (non-hydrogen) atoms. The number of rotatable bonds is 5. The van der Waals surface area contributed by atoms with Gasteiger partial charge in [0.05, 0.1) is 18.1 Å². The maximum atomic E-state index is 10.4. The fraction of sp³-hybridized carbons (Fsp3) is 0.923. The summed E-state index contributed by atoms with van der Waals surface area (Å²) in [5.41, 5.74) is -0.532. The Balaban J connectivity index is 2.28. The van der Waals surface area contributed by atoms with Crippen molar-refractivity contribution in [1.29, 1.82) is 5.26 Å². The first-order valence-electron chi connectivity index (χ1n) is 6.42. The van der Waals surface area contributed by atoms with Crippen molar-refractivity contribution in [3.8, 4) is 6.07 Å². The van der Waals surface area contributed by atoms with Crippen LogP contribution in [0, 0.1) is 17.2 Å². The van der Waals surface area contributed by atoms with Gasteiger partial charge in [0.15, 0.2) is 0 Å². The average molecular weight is 224 g/mol. The minimum absolute atomic E-state index is 0.179. The van der Waals surface area contributed by atoms with Gasteiger partial charge < -0.3 is 10.4 Å². The molecule has 2 N–H and O–H groups in total. The smallest absolute Gasteiger partial charge is 0.0771 e. The molecule has 0 saturated heterocycles. The molecule has 0 aromatic rings. The molecule has 1 aliphatic rings. The van der Waals surface area contributed by atoms with Crippen LogP contribution in [0.15, 0.2) is 0 Å². The SMILES string of the molecule is CCC1CCC(O)(CNC(C)CC#N)CC1. The summed E-state index contributed by atoms with van der Waals surface area (Å²) >= 11 is 0. The quantitative estimate of drug-likeness (QED) is 0.752. The van der Waals surface area contributed by atoms with Gasteiger partial charge in [-0.2, -0.15) is 5.26 Å². The number of aliphatic hydroxyl groups is 1. The summed E-state index contributed by atoms with van der Waals surface area (Å²) < 4.78 is 0. The fourth-order valence-corrected chi connectivity index (χ4v) is 2.37. The van der Waals surface area contributed by atoms with Gasteiger partial charge in [0, 0.05) is 12.6 Å². The lowest BCUT2D eigenvalue weighted by molar-refractivity contribution is -0.0102. The van der Waals surface area contributed by atoms with Crippen molar-refractivity contribution in [2.75, 3.05) is 6.54 Å². The molecule has 1 saturated carbocycles. The molecule has 3 nitrogen and oxygen atoms in total. The molecule has 1 aliphatic carbocycles. The summed E-state index contributed by atoms with van der Waals surface area (Å²) in [5, 5.41) is 22.2. The van der Waals surface area contributed by atoms with Gasteiger partial charge in [-0.25, -0.2) is 0 Å². The van der Waals surface area contributed by atoms with Crippen LogP contribution in [0.1, 0.15) is 52.4 Å². The number of hydrogen-bond donors (Lipinski definition) is 2. The molecule has 1 fully saturated rings. The van der Waals surface area contributed by atoms with E-state index >= 15 is 0 Å². The Morgan fingerprint density at radius 3 is 2.62 bits per heavy atom. The lowest BCUT2D eigenvalue weighted by Gasteiger charge is -2.36. The summed E-state index contributed by atoms with van der Waals surface area (Å²) in [6.07, 6.45) is 5.82. The summed E-state index contributed by atoms with van der Waals surface area (Å²) in [6, 6.07) is 2.32. The van der Waals surface area contributed by atoms with Crippen molar-refractivity contribution in [2.45, 2.75) is 64.0 Å². The maximum Gasteiger partial charge on any atom is 0.0771 e. The minimum Gasteiger partial charge on any atom is -0.389 e. The van der Waals surface area contributed by atoms with Crippen LogP contribution in [0.3, 0.4) is 0 Å². The normalized spacial score (nSPS) is 32.0. The predicted octanol–water partition coefficient (Wildman–Crippen LogP) is 2.21. The second-order valence-corrected chi connectivity index (χ2v) is 5.22. The van der Waals surface area contributed by atoms with Crippen molar-refractivity contribution in [1.82, 2.24) is 5.32 Å². The summed E-state index contributed by atoms with van der Waals surface area (Å²) in [6.45, 7) is 4.85. The van der Waals surface area contributed by atoms with E-state index in [1.54, 1.807) is 0 Å². The summed E-state index contributed by atoms with van der Waals surface area (Å²) in [7, 11) is 0. The lowest BCUT2D eigenvalue weighted by Crippen LogP contribution is -2.45. The Labute approximate surface area is 98.8 Å². The first kappa shape index (κ1) is 13.5. The number of hydrogen-bond acceptors (Lipinski definition) is 3. The Morgan fingerprint density at radius 1 is 1.50 bits per heavy atom. The van der Waals surface area contributed by atoms with Crippen molar-refractivity contribution >= 4 is 0 Å². The molecule has 1 rings (SSSR count). The monoisotopic (exact) mass is 224 g/mol. The van der Waals surface area contributed by atoms with Crippen molar-refractivity contribution in [3.63, 3.8) is 0 Å². The van der Waals surface area contributed by atoms with Crippen LogP contribution in [0.4, 0.5) is 0 Å². The highest BCUT2D eigenvalue weighted by Gasteiger charge is 2.32.